The highest BCUT2D eigenvalue weighted by molar-refractivity contribution is 5.61. The number of benzene rings is 1. The Labute approximate surface area is 158 Å². The van der Waals surface area contributed by atoms with Crippen LogP contribution in [0.2, 0.25) is 0 Å². The third-order valence-corrected chi connectivity index (χ3v) is 3.97. The number of nitrogens with zero attached hydrogens (tertiary/aromatic N) is 2. The van der Waals surface area contributed by atoms with Crippen molar-refractivity contribution in [3.05, 3.63) is 40.8 Å². The van der Waals surface area contributed by atoms with E-state index in [1.165, 1.54) is 16.7 Å². The maximum absolute atomic E-state index is 12.2. The highest BCUT2D eigenvalue weighted by Crippen LogP contribution is 2.25. The molecule has 2 aromatic rings. The molecule has 7 nitrogen and oxygen atoms in total. The molecule has 0 saturated carbocycles. The first kappa shape index (κ1) is 20.2. The maximum atomic E-state index is 12.2. The molecule has 152 valence electrons. The van der Waals surface area contributed by atoms with Crippen molar-refractivity contribution in [2.45, 2.75) is 12.3 Å². The molecule has 1 aromatic carbocycles. The minimum atomic E-state index is -4.41. The van der Waals surface area contributed by atoms with Gasteiger partial charge in [0.25, 0.3) is 0 Å². The Balaban J connectivity index is 1.73. The predicted molar refractivity (Wildman–Crippen MR) is 92.5 cm³/mol. The lowest BCUT2D eigenvalue weighted by Crippen LogP contribution is -2.34. The van der Waals surface area contributed by atoms with Crippen molar-refractivity contribution in [1.82, 2.24) is 9.55 Å². The highest BCUT2D eigenvalue weighted by Gasteiger charge is 2.28. The number of halogens is 3. The first-order valence-electron chi connectivity index (χ1n) is 8.52. The Kier molecular flexibility index (Phi) is 6.20. The van der Waals surface area contributed by atoms with Crippen molar-refractivity contribution in [3.63, 3.8) is 0 Å². The van der Waals surface area contributed by atoms with Gasteiger partial charge in [0.15, 0.2) is 6.61 Å². The number of alkyl halides is 3. The van der Waals surface area contributed by atoms with Crippen LogP contribution in [0, 0.1) is 0 Å². The van der Waals surface area contributed by atoms with E-state index in [1.54, 1.807) is 25.2 Å². The van der Waals surface area contributed by atoms with Crippen LogP contribution in [0.25, 0.3) is 11.3 Å². The molecule has 0 N–H and O–H groups in total. The zero-order valence-corrected chi connectivity index (χ0v) is 15.1. The first-order chi connectivity index (χ1) is 13.3. The van der Waals surface area contributed by atoms with Gasteiger partial charge in [0.2, 0.25) is 5.88 Å². The second-order valence-corrected chi connectivity index (χ2v) is 6.13. The predicted octanol–water partition coefficient (Wildman–Crippen LogP) is 2.18. The van der Waals surface area contributed by atoms with Crippen molar-refractivity contribution >= 4 is 0 Å². The summed E-state index contributed by atoms with van der Waals surface area (Å²) in [6, 6.07) is 7.50. The van der Waals surface area contributed by atoms with Crippen LogP contribution in [0.1, 0.15) is 0 Å². The molecular weight excluding hydrogens is 381 g/mol. The Morgan fingerprint density at radius 2 is 1.96 bits per heavy atom. The van der Waals surface area contributed by atoms with Crippen LogP contribution in [0.15, 0.2) is 35.1 Å². The summed E-state index contributed by atoms with van der Waals surface area (Å²) in [4.78, 5) is 16.0. The second kappa shape index (κ2) is 8.61. The molecule has 0 radical (unpaired) electrons. The van der Waals surface area contributed by atoms with Gasteiger partial charge in [-0.2, -0.15) is 18.2 Å². The third-order valence-electron chi connectivity index (χ3n) is 3.97. The quantitative estimate of drug-likeness (QED) is 0.740. The number of hydrogen-bond acceptors (Lipinski definition) is 6. The SMILES string of the molecule is Cn1c(-c2ccc(OCC(F)(F)F)cc2)cc(OC[C@@H]2COCCO2)nc1=O. The van der Waals surface area contributed by atoms with E-state index in [9.17, 15) is 18.0 Å². The largest absolute Gasteiger partial charge is 0.484 e. The van der Waals surface area contributed by atoms with Crippen molar-refractivity contribution < 1.29 is 32.1 Å². The molecule has 0 unspecified atom stereocenters. The van der Waals surface area contributed by atoms with Gasteiger partial charge in [-0.05, 0) is 29.8 Å². The lowest BCUT2D eigenvalue weighted by molar-refractivity contribution is -0.153. The number of aromatic nitrogens is 2. The summed E-state index contributed by atoms with van der Waals surface area (Å²) >= 11 is 0. The van der Waals surface area contributed by atoms with Crippen molar-refractivity contribution in [3.8, 4) is 22.9 Å². The normalized spacial score (nSPS) is 17.4. The van der Waals surface area contributed by atoms with Gasteiger partial charge in [-0.15, -0.1) is 0 Å². The van der Waals surface area contributed by atoms with Crippen LogP contribution in [0.4, 0.5) is 13.2 Å². The van der Waals surface area contributed by atoms with E-state index in [-0.39, 0.29) is 24.3 Å². The number of rotatable bonds is 6. The van der Waals surface area contributed by atoms with Gasteiger partial charge in [-0.3, -0.25) is 4.57 Å². The number of ether oxygens (including phenoxy) is 4. The first-order valence-corrected chi connectivity index (χ1v) is 8.52. The Hall–Kier alpha value is -2.59. The minimum absolute atomic E-state index is 0.0750. The smallest absolute Gasteiger partial charge is 0.422 e. The molecular formula is C18H19F3N2O5. The van der Waals surface area contributed by atoms with Crippen LogP contribution < -0.4 is 15.2 Å². The third kappa shape index (κ3) is 5.46. The van der Waals surface area contributed by atoms with E-state index in [2.05, 4.69) is 9.72 Å². The summed E-state index contributed by atoms with van der Waals surface area (Å²) in [6.07, 6.45) is -4.65. The summed E-state index contributed by atoms with van der Waals surface area (Å²) in [6.45, 7) is 0.228. The Bertz CT molecular complexity index is 846. The molecule has 1 atom stereocenters. The van der Waals surface area contributed by atoms with E-state index in [0.717, 1.165) is 0 Å². The summed E-state index contributed by atoms with van der Waals surface area (Å²) < 4.78 is 59.0. The average molecular weight is 400 g/mol. The fraction of sp³-hybridized carbons (Fsp3) is 0.444. The van der Waals surface area contributed by atoms with Gasteiger partial charge in [-0.25, -0.2) is 4.79 Å². The fourth-order valence-electron chi connectivity index (χ4n) is 2.57. The molecule has 0 bridgehead atoms. The van der Waals surface area contributed by atoms with E-state index < -0.39 is 18.5 Å². The van der Waals surface area contributed by atoms with E-state index in [0.29, 0.717) is 31.1 Å². The Morgan fingerprint density at radius 1 is 1.21 bits per heavy atom. The summed E-state index contributed by atoms with van der Waals surface area (Å²) in [5.74, 6) is 0.204. The van der Waals surface area contributed by atoms with E-state index in [4.69, 9.17) is 14.2 Å². The van der Waals surface area contributed by atoms with Gasteiger partial charge in [0.05, 0.1) is 25.5 Å². The number of hydrogen-bond donors (Lipinski definition) is 0. The molecule has 1 aliphatic heterocycles. The molecule has 28 heavy (non-hydrogen) atoms. The molecule has 10 heteroatoms. The minimum Gasteiger partial charge on any atom is -0.484 e. The zero-order chi connectivity index (χ0) is 20.1. The topological polar surface area (TPSA) is 71.8 Å². The van der Waals surface area contributed by atoms with E-state index in [1.807, 2.05) is 0 Å². The van der Waals surface area contributed by atoms with Crippen molar-refractivity contribution in [2.75, 3.05) is 33.0 Å². The maximum Gasteiger partial charge on any atom is 0.422 e. The molecule has 3 rings (SSSR count). The molecule has 1 fully saturated rings. The monoisotopic (exact) mass is 400 g/mol. The van der Waals surface area contributed by atoms with Crippen LogP contribution >= 0.6 is 0 Å². The lowest BCUT2D eigenvalue weighted by Gasteiger charge is -2.22. The van der Waals surface area contributed by atoms with Crippen LogP contribution in [0.5, 0.6) is 11.6 Å². The van der Waals surface area contributed by atoms with Gasteiger partial charge < -0.3 is 18.9 Å². The second-order valence-electron chi connectivity index (χ2n) is 6.13. The van der Waals surface area contributed by atoms with Gasteiger partial charge in [-0.1, -0.05) is 0 Å². The Morgan fingerprint density at radius 3 is 2.61 bits per heavy atom. The molecule has 0 amide bonds. The molecule has 1 aliphatic rings. The standard InChI is InChI=1S/C18H19F3N2O5/c1-23-15(12-2-4-13(5-3-12)28-11-18(19,20)21)8-16(22-17(23)24)27-10-14-9-25-6-7-26-14/h2-5,8,14H,6-7,9-11H2,1H3/t14-/m0/s1. The van der Waals surface area contributed by atoms with Crippen LogP contribution in [0.3, 0.4) is 0 Å². The van der Waals surface area contributed by atoms with Crippen LogP contribution in [-0.2, 0) is 16.5 Å². The van der Waals surface area contributed by atoms with Gasteiger partial charge >= 0.3 is 11.9 Å². The van der Waals surface area contributed by atoms with Gasteiger partial charge in [0.1, 0.15) is 18.5 Å². The summed E-state index contributed by atoms with van der Waals surface area (Å²) in [5, 5.41) is 0. The fourth-order valence-corrected chi connectivity index (χ4v) is 2.57. The van der Waals surface area contributed by atoms with Crippen molar-refractivity contribution in [2.24, 2.45) is 7.05 Å². The molecule has 1 aromatic heterocycles. The van der Waals surface area contributed by atoms with Gasteiger partial charge in [0, 0.05) is 13.1 Å². The van der Waals surface area contributed by atoms with Crippen molar-refractivity contribution in [1.29, 1.82) is 0 Å². The summed E-state index contributed by atoms with van der Waals surface area (Å²) in [5.41, 5.74) is 0.576. The molecule has 0 aliphatic carbocycles. The summed E-state index contributed by atoms with van der Waals surface area (Å²) in [7, 11) is 1.54. The average Bonchev–Trinajstić information content (AvgIpc) is 2.68. The zero-order valence-electron chi connectivity index (χ0n) is 15.1. The highest BCUT2D eigenvalue weighted by atomic mass is 19.4. The lowest BCUT2D eigenvalue weighted by atomic mass is 10.1. The van der Waals surface area contributed by atoms with Crippen LogP contribution in [-0.4, -0.2) is 54.9 Å². The molecule has 1 saturated heterocycles. The molecule has 0 spiro atoms. The van der Waals surface area contributed by atoms with E-state index >= 15 is 0 Å². The molecule has 2 heterocycles.